The molecule has 1 unspecified atom stereocenters. The number of hydrogen-bond acceptors (Lipinski definition) is 4. The van der Waals surface area contributed by atoms with E-state index in [9.17, 15) is 14.4 Å². The van der Waals surface area contributed by atoms with E-state index in [1.165, 1.54) is 0 Å². The van der Waals surface area contributed by atoms with Gasteiger partial charge in [0, 0.05) is 24.8 Å². The third-order valence-electron chi connectivity index (χ3n) is 5.06. The van der Waals surface area contributed by atoms with Crippen molar-refractivity contribution >= 4 is 46.5 Å². The molecule has 0 aromatic heterocycles. The summed E-state index contributed by atoms with van der Waals surface area (Å²) < 4.78 is 5.38. The summed E-state index contributed by atoms with van der Waals surface area (Å²) in [5, 5.41) is 8.64. The summed E-state index contributed by atoms with van der Waals surface area (Å²) >= 11 is 6.27. The first kappa shape index (κ1) is 20.0. The molecule has 3 N–H and O–H groups in total. The zero-order chi connectivity index (χ0) is 21.1. The lowest BCUT2D eigenvalue weighted by atomic mass is 9.97. The van der Waals surface area contributed by atoms with Gasteiger partial charge in [-0.15, -0.1) is 0 Å². The summed E-state index contributed by atoms with van der Waals surface area (Å²) in [5.41, 5.74) is 1.58. The van der Waals surface area contributed by atoms with Gasteiger partial charge in [-0.05, 0) is 31.0 Å². The van der Waals surface area contributed by atoms with E-state index in [1.54, 1.807) is 17.0 Å². The van der Waals surface area contributed by atoms with Gasteiger partial charge in [0.15, 0.2) is 6.61 Å². The van der Waals surface area contributed by atoms with Crippen LogP contribution in [0.25, 0.3) is 0 Å². The minimum absolute atomic E-state index is 0.0872. The van der Waals surface area contributed by atoms with Crippen LogP contribution < -0.4 is 20.7 Å². The maximum atomic E-state index is 12.8. The lowest BCUT2D eigenvalue weighted by Crippen LogP contribution is -2.45. The largest absolute Gasteiger partial charge is 0.482 e. The summed E-state index contributed by atoms with van der Waals surface area (Å²) in [6.07, 6.45) is 1.41. The highest BCUT2D eigenvalue weighted by Crippen LogP contribution is 2.36. The Balaban J connectivity index is 1.40. The van der Waals surface area contributed by atoms with Crippen molar-refractivity contribution in [1.82, 2.24) is 4.90 Å². The Hall–Kier alpha value is -3.26. The van der Waals surface area contributed by atoms with Crippen LogP contribution in [0.1, 0.15) is 12.8 Å². The van der Waals surface area contributed by atoms with Crippen molar-refractivity contribution < 1.29 is 19.1 Å². The van der Waals surface area contributed by atoms with Crippen LogP contribution in [0, 0.1) is 5.92 Å². The van der Waals surface area contributed by atoms with E-state index >= 15 is 0 Å². The number of hydrogen-bond donors (Lipinski definition) is 3. The number of amides is 4. The molecule has 0 spiro atoms. The van der Waals surface area contributed by atoms with E-state index in [-0.39, 0.29) is 30.4 Å². The number of fused-ring (bicyclic) bond motifs is 1. The molecular weight excluding hydrogens is 408 g/mol. The number of urea groups is 1. The molecule has 0 aliphatic carbocycles. The van der Waals surface area contributed by atoms with Crippen LogP contribution in [0.4, 0.5) is 21.9 Å². The molecule has 2 aliphatic rings. The van der Waals surface area contributed by atoms with Gasteiger partial charge < -0.3 is 25.6 Å². The summed E-state index contributed by atoms with van der Waals surface area (Å²) in [4.78, 5) is 38.4. The molecule has 0 radical (unpaired) electrons. The van der Waals surface area contributed by atoms with E-state index < -0.39 is 0 Å². The number of nitrogens with zero attached hydrogens (tertiary/aromatic N) is 1. The van der Waals surface area contributed by atoms with Crippen molar-refractivity contribution in [3.63, 3.8) is 0 Å². The van der Waals surface area contributed by atoms with Crippen molar-refractivity contribution in [2.75, 3.05) is 35.6 Å². The maximum Gasteiger partial charge on any atom is 0.321 e. The Morgan fingerprint density at radius 1 is 1.17 bits per heavy atom. The first-order chi connectivity index (χ1) is 14.5. The van der Waals surface area contributed by atoms with Gasteiger partial charge in [-0.1, -0.05) is 29.8 Å². The number of benzene rings is 2. The fraction of sp³-hybridized carbons (Fsp3) is 0.286. The molecule has 4 amide bonds. The zero-order valence-corrected chi connectivity index (χ0v) is 16.9. The molecule has 0 bridgehead atoms. The number of para-hydroxylation sites is 1. The Labute approximate surface area is 178 Å². The highest BCUT2D eigenvalue weighted by atomic mass is 35.5. The van der Waals surface area contributed by atoms with E-state index in [1.807, 2.05) is 30.3 Å². The number of halogens is 1. The van der Waals surface area contributed by atoms with Gasteiger partial charge in [0.2, 0.25) is 5.91 Å². The van der Waals surface area contributed by atoms with E-state index in [0.29, 0.717) is 47.3 Å². The summed E-state index contributed by atoms with van der Waals surface area (Å²) in [6, 6.07) is 12.1. The van der Waals surface area contributed by atoms with Crippen LogP contribution >= 0.6 is 11.6 Å². The molecule has 2 aromatic rings. The minimum Gasteiger partial charge on any atom is -0.482 e. The second-order valence-electron chi connectivity index (χ2n) is 7.24. The van der Waals surface area contributed by atoms with Gasteiger partial charge in [-0.3, -0.25) is 9.59 Å². The molecule has 1 fully saturated rings. The average Bonchev–Trinajstić information content (AvgIpc) is 2.75. The van der Waals surface area contributed by atoms with Gasteiger partial charge in [0.1, 0.15) is 5.75 Å². The summed E-state index contributed by atoms with van der Waals surface area (Å²) in [7, 11) is 0. The van der Waals surface area contributed by atoms with Crippen molar-refractivity contribution in [3.05, 3.63) is 47.5 Å². The molecule has 1 atom stereocenters. The standard InChI is InChI=1S/C21H21ClN4O4/c22-15-9-17-18(30-12-19(27)24-17)10-16(15)25-20(28)13-5-4-8-26(11-13)21(29)23-14-6-2-1-3-7-14/h1-3,6-7,9-10,13H,4-5,8,11-12H2,(H,23,29)(H,24,27)(H,25,28). The summed E-state index contributed by atoms with van der Waals surface area (Å²) in [6.45, 7) is 0.825. The SMILES string of the molecule is O=C1COc2cc(NC(=O)C3CCCN(C(=O)Nc4ccccc4)C3)c(Cl)cc2N1. The van der Waals surface area contributed by atoms with Crippen LogP contribution in [0.2, 0.25) is 5.02 Å². The van der Waals surface area contributed by atoms with Gasteiger partial charge >= 0.3 is 6.03 Å². The van der Waals surface area contributed by atoms with Crippen molar-refractivity contribution in [3.8, 4) is 5.75 Å². The predicted octanol–water partition coefficient (Wildman–Crippen LogP) is 3.55. The second kappa shape index (κ2) is 8.62. The van der Waals surface area contributed by atoms with Gasteiger partial charge in [-0.25, -0.2) is 4.79 Å². The van der Waals surface area contributed by atoms with E-state index in [2.05, 4.69) is 16.0 Å². The van der Waals surface area contributed by atoms with Gasteiger partial charge in [-0.2, -0.15) is 0 Å². The molecule has 4 rings (SSSR count). The molecule has 2 aromatic carbocycles. The Morgan fingerprint density at radius 2 is 1.97 bits per heavy atom. The Kier molecular flexibility index (Phi) is 5.76. The number of carbonyl (C=O) groups is 3. The van der Waals surface area contributed by atoms with Crippen molar-refractivity contribution in [2.24, 2.45) is 5.92 Å². The highest BCUT2D eigenvalue weighted by molar-refractivity contribution is 6.34. The molecule has 9 heteroatoms. The molecule has 30 heavy (non-hydrogen) atoms. The Bertz CT molecular complexity index is 982. The number of ether oxygens (including phenoxy) is 1. The number of nitrogens with one attached hydrogen (secondary N) is 3. The average molecular weight is 429 g/mol. The molecule has 2 aliphatic heterocycles. The van der Waals surface area contributed by atoms with Crippen LogP contribution in [-0.2, 0) is 9.59 Å². The van der Waals surface area contributed by atoms with Crippen molar-refractivity contribution in [2.45, 2.75) is 12.8 Å². The minimum atomic E-state index is -0.354. The van der Waals surface area contributed by atoms with E-state index in [4.69, 9.17) is 16.3 Å². The topological polar surface area (TPSA) is 99.8 Å². The third-order valence-corrected chi connectivity index (χ3v) is 5.38. The van der Waals surface area contributed by atoms with Crippen LogP contribution in [0.15, 0.2) is 42.5 Å². The quantitative estimate of drug-likeness (QED) is 0.696. The molecular formula is C21H21ClN4O4. The van der Waals surface area contributed by atoms with Gasteiger partial charge in [0.05, 0.1) is 22.3 Å². The maximum absolute atomic E-state index is 12.8. The fourth-order valence-electron chi connectivity index (χ4n) is 3.53. The normalized spacial score (nSPS) is 18.0. The number of anilines is 3. The number of rotatable bonds is 3. The first-order valence-corrected chi connectivity index (χ1v) is 10.1. The second-order valence-corrected chi connectivity index (χ2v) is 7.64. The van der Waals surface area contributed by atoms with Crippen LogP contribution in [0.5, 0.6) is 5.75 Å². The molecule has 0 saturated carbocycles. The number of likely N-dealkylation sites (tertiary alicyclic amines) is 1. The molecule has 156 valence electrons. The Morgan fingerprint density at radius 3 is 2.77 bits per heavy atom. The number of carbonyl (C=O) groups excluding carboxylic acids is 3. The van der Waals surface area contributed by atoms with Crippen LogP contribution in [0.3, 0.4) is 0 Å². The molecule has 8 nitrogen and oxygen atoms in total. The lowest BCUT2D eigenvalue weighted by molar-refractivity contribution is -0.121. The fourth-order valence-corrected chi connectivity index (χ4v) is 3.74. The van der Waals surface area contributed by atoms with Crippen LogP contribution in [-0.4, -0.2) is 42.4 Å². The smallest absolute Gasteiger partial charge is 0.321 e. The summed E-state index contributed by atoms with van der Waals surface area (Å²) in [5.74, 6) is -0.380. The van der Waals surface area contributed by atoms with E-state index in [0.717, 1.165) is 6.42 Å². The monoisotopic (exact) mass is 428 g/mol. The van der Waals surface area contributed by atoms with Crippen molar-refractivity contribution in [1.29, 1.82) is 0 Å². The predicted molar refractivity (Wildman–Crippen MR) is 114 cm³/mol. The van der Waals surface area contributed by atoms with Gasteiger partial charge in [0.25, 0.3) is 5.91 Å². The third kappa shape index (κ3) is 4.49. The first-order valence-electron chi connectivity index (χ1n) is 9.67. The highest BCUT2D eigenvalue weighted by Gasteiger charge is 2.29. The molecule has 2 heterocycles. The lowest BCUT2D eigenvalue weighted by Gasteiger charge is -2.32. The molecule has 1 saturated heterocycles. The zero-order valence-electron chi connectivity index (χ0n) is 16.1. The number of piperidine rings is 1.